The fourth-order valence-corrected chi connectivity index (χ4v) is 4.01. The maximum atomic E-state index is 12.6. The largest absolute Gasteiger partial charge is 0.493 e. The molecule has 0 spiro atoms. The van der Waals surface area contributed by atoms with Gasteiger partial charge in [-0.25, -0.2) is 15.0 Å². The quantitative estimate of drug-likeness (QED) is 0.156. The second kappa shape index (κ2) is 13.9. The van der Waals surface area contributed by atoms with E-state index >= 15 is 0 Å². The van der Waals surface area contributed by atoms with Gasteiger partial charge in [0.2, 0.25) is 0 Å². The number of hydrogen-bond acceptors (Lipinski definition) is 8. The van der Waals surface area contributed by atoms with Crippen LogP contribution in [-0.2, 0) is 14.3 Å². The first kappa shape index (κ1) is 29.1. The van der Waals surface area contributed by atoms with Gasteiger partial charge < -0.3 is 29.6 Å². The summed E-state index contributed by atoms with van der Waals surface area (Å²) in [5.41, 5.74) is 4.20. The number of carbonyl (C=O) groups is 3. The van der Waals surface area contributed by atoms with E-state index in [2.05, 4.69) is 43.0 Å². The molecule has 0 saturated heterocycles. The highest BCUT2D eigenvalue weighted by molar-refractivity contribution is 9.10. The standard InChI is InChI=1S/C27H27BrN4O7/c1-5-11-38-20-10-8-19(28)12-18(20)14-29-32-23(33)15-39-21-9-7-17(13-22(21)36-4)25-24(26(34)37-6-2)16(3)30-27(35)31-25/h1,7-10,12-14,25H,6,11,15H2,2-4H3,(H,32,33)(H2,30,31,35)/b29-14+/t25-/m1/s1. The fourth-order valence-electron chi connectivity index (χ4n) is 3.63. The first-order valence-electron chi connectivity index (χ1n) is 11.7. The second-order valence-electron chi connectivity index (χ2n) is 7.96. The maximum absolute atomic E-state index is 12.6. The van der Waals surface area contributed by atoms with Gasteiger partial charge >= 0.3 is 12.0 Å². The molecule has 11 nitrogen and oxygen atoms in total. The number of methoxy groups -OCH3 is 1. The zero-order valence-electron chi connectivity index (χ0n) is 21.5. The van der Waals surface area contributed by atoms with Crippen molar-refractivity contribution in [3.8, 4) is 29.6 Å². The topological polar surface area (TPSA) is 137 Å². The third-order valence-electron chi connectivity index (χ3n) is 5.32. The van der Waals surface area contributed by atoms with Crippen LogP contribution in [0.3, 0.4) is 0 Å². The molecule has 3 N–H and O–H groups in total. The number of halogens is 1. The summed E-state index contributed by atoms with van der Waals surface area (Å²) in [6.45, 7) is 3.23. The normalized spacial score (nSPS) is 14.6. The molecule has 1 aliphatic rings. The molecule has 2 aromatic rings. The molecule has 3 rings (SSSR count). The van der Waals surface area contributed by atoms with Crippen molar-refractivity contribution in [3.05, 3.63) is 63.3 Å². The van der Waals surface area contributed by atoms with Gasteiger partial charge in [0.05, 0.1) is 31.5 Å². The van der Waals surface area contributed by atoms with Crippen LogP contribution < -0.4 is 30.3 Å². The Hall–Kier alpha value is -4.50. The number of carbonyl (C=O) groups excluding carboxylic acids is 3. The van der Waals surface area contributed by atoms with Crippen molar-refractivity contribution in [2.75, 3.05) is 26.9 Å². The number of nitrogens with zero attached hydrogens (tertiary/aromatic N) is 1. The number of hydrazone groups is 1. The van der Waals surface area contributed by atoms with Gasteiger partial charge in [0.25, 0.3) is 5.91 Å². The van der Waals surface area contributed by atoms with Gasteiger partial charge in [-0.3, -0.25) is 4.79 Å². The van der Waals surface area contributed by atoms with Crippen molar-refractivity contribution in [2.45, 2.75) is 19.9 Å². The minimum Gasteiger partial charge on any atom is -0.493 e. The SMILES string of the molecule is C#CCOc1ccc(Br)cc1/C=N/NC(=O)COc1ccc([C@H]2NC(=O)NC(C)=C2C(=O)OCC)cc1OC. The van der Waals surface area contributed by atoms with Crippen molar-refractivity contribution in [1.29, 1.82) is 0 Å². The highest BCUT2D eigenvalue weighted by Crippen LogP contribution is 2.34. The molecule has 39 heavy (non-hydrogen) atoms. The van der Waals surface area contributed by atoms with E-state index in [1.807, 2.05) is 0 Å². The summed E-state index contributed by atoms with van der Waals surface area (Å²) < 4.78 is 22.5. The third kappa shape index (κ3) is 7.75. The Morgan fingerprint density at radius 2 is 1.95 bits per heavy atom. The summed E-state index contributed by atoms with van der Waals surface area (Å²) in [5.74, 6) is 2.40. The molecule has 0 aromatic heterocycles. The van der Waals surface area contributed by atoms with Crippen LogP contribution >= 0.6 is 15.9 Å². The Morgan fingerprint density at radius 1 is 1.18 bits per heavy atom. The number of terminal acetylenes is 1. The average molecular weight is 599 g/mol. The first-order valence-corrected chi connectivity index (χ1v) is 12.5. The molecule has 1 atom stereocenters. The van der Waals surface area contributed by atoms with Crippen molar-refractivity contribution >= 4 is 40.1 Å². The number of nitrogens with one attached hydrogen (secondary N) is 3. The molecular weight excluding hydrogens is 572 g/mol. The third-order valence-corrected chi connectivity index (χ3v) is 5.81. The molecule has 2 aromatic carbocycles. The van der Waals surface area contributed by atoms with E-state index in [1.54, 1.807) is 50.2 Å². The van der Waals surface area contributed by atoms with E-state index in [1.165, 1.54) is 13.3 Å². The molecule has 1 aliphatic heterocycles. The second-order valence-corrected chi connectivity index (χ2v) is 8.87. The van der Waals surface area contributed by atoms with Gasteiger partial charge in [0.15, 0.2) is 18.1 Å². The van der Waals surface area contributed by atoms with Gasteiger partial charge in [0, 0.05) is 15.7 Å². The number of benzene rings is 2. The number of ether oxygens (including phenoxy) is 4. The molecular formula is C27H27BrN4O7. The average Bonchev–Trinajstić information content (AvgIpc) is 2.91. The lowest BCUT2D eigenvalue weighted by molar-refractivity contribution is -0.139. The van der Waals surface area contributed by atoms with E-state index < -0.39 is 23.9 Å². The number of allylic oxidation sites excluding steroid dienone is 1. The van der Waals surface area contributed by atoms with Crippen LogP contribution in [0.4, 0.5) is 4.79 Å². The summed E-state index contributed by atoms with van der Waals surface area (Å²) >= 11 is 3.38. The van der Waals surface area contributed by atoms with Gasteiger partial charge in [-0.1, -0.05) is 27.9 Å². The highest BCUT2D eigenvalue weighted by Gasteiger charge is 2.32. The van der Waals surface area contributed by atoms with Crippen molar-refractivity contribution in [1.82, 2.24) is 16.1 Å². The molecule has 0 unspecified atom stereocenters. The summed E-state index contributed by atoms with van der Waals surface area (Å²) in [4.78, 5) is 37.0. The minimum absolute atomic E-state index is 0.0906. The van der Waals surface area contributed by atoms with Crippen LogP contribution in [0, 0.1) is 12.3 Å². The van der Waals surface area contributed by atoms with Crippen LogP contribution in [0.2, 0.25) is 0 Å². The van der Waals surface area contributed by atoms with Crippen LogP contribution in [0.25, 0.3) is 0 Å². The van der Waals surface area contributed by atoms with Gasteiger partial charge in [-0.05, 0) is 49.7 Å². The lowest BCUT2D eigenvalue weighted by atomic mass is 9.95. The van der Waals surface area contributed by atoms with Gasteiger partial charge in [-0.15, -0.1) is 6.42 Å². The van der Waals surface area contributed by atoms with E-state index in [0.717, 1.165) is 4.47 Å². The van der Waals surface area contributed by atoms with E-state index in [-0.39, 0.29) is 31.1 Å². The summed E-state index contributed by atoms with van der Waals surface area (Å²) in [6, 6.07) is 8.90. The Morgan fingerprint density at radius 3 is 2.67 bits per heavy atom. The molecule has 3 amide bonds. The van der Waals surface area contributed by atoms with Crippen LogP contribution in [0.15, 0.2) is 57.2 Å². The molecule has 1 heterocycles. The molecule has 0 aliphatic carbocycles. The van der Waals surface area contributed by atoms with Crippen molar-refractivity contribution < 1.29 is 33.3 Å². The Labute approximate surface area is 234 Å². The van der Waals surface area contributed by atoms with Gasteiger partial charge in [0.1, 0.15) is 12.4 Å². The summed E-state index contributed by atoms with van der Waals surface area (Å²) in [5, 5.41) is 9.26. The van der Waals surface area contributed by atoms with E-state index in [4.69, 9.17) is 25.4 Å². The van der Waals surface area contributed by atoms with E-state index in [9.17, 15) is 14.4 Å². The van der Waals surface area contributed by atoms with E-state index in [0.29, 0.717) is 28.3 Å². The number of rotatable bonds is 11. The van der Waals surface area contributed by atoms with Crippen LogP contribution in [0.5, 0.6) is 17.2 Å². The molecule has 0 fully saturated rings. The summed E-state index contributed by atoms with van der Waals surface area (Å²) in [7, 11) is 1.43. The fraction of sp³-hybridized carbons (Fsp3) is 0.259. The molecule has 12 heteroatoms. The number of esters is 1. The zero-order valence-corrected chi connectivity index (χ0v) is 23.1. The smallest absolute Gasteiger partial charge is 0.338 e. The maximum Gasteiger partial charge on any atom is 0.338 e. The molecule has 204 valence electrons. The van der Waals surface area contributed by atoms with Gasteiger partial charge in [-0.2, -0.15) is 5.10 Å². The molecule has 0 saturated carbocycles. The molecule has 0 radical (unpaired) electrons. The Kier molecular flexibility index (Phi) is 10.3. The van der Waals surface area contributed by atoms with Crippen molar-refractivity contribution in [2.24, 2.45) is 5.10 Å². The van der Waals surface area contributed by atoms with Crippen molar-refractivity contribution in [3.63, 3.8) is 0 Å². The predicted molar refractivity (Wildman–Crippen MR) is 146 cm³/mol. The summed E-state index contributed by atoms with van der Waals surface area (Å²) in [6.07, 6.45) is 6.67. The molecule has 0 bridgehead atoms. The highest BCUT2D eigenvalue weighted by atomic mass is 79.9. The number of urea groups is 1. The number of hydrogen-bond donors (Lipinski definition) is 3. The zero-order chi connectivity index (χ0) is 28.4. The monoisotopic (exact) mass is 598 g/mol. The lowest BCUT2D eigenvalue weighted by Gasteiger charge is -2.28. The Balaban J connectivity index is 1.68. The van der Waals surface area contributed by atoms with Crippen LogP contribution in [0.1, 0.15) is 31.0 Å². The lowest BCUT2D eigenvalue weighted by Crippen LogP contribution is -2.45. The Bertz CT molecular complexity index is 1350. The predicted octanol–water partition coefficient (Wildman–Crippen LogP) is 3.19. The minimum atomic E-state index is -0.772. The van der Waals surface area contributed by atoms with Crippen LogP contribution in [-0.4, -0.2) is 51.1 Å². The number of amides is 3. The first-order chi connectivity index (χ1) is 18.8.